The quantitative estimate of drug-likeness (QED) is 0.837. The number of benzene rings is 2. The highest BCUT2D eigenvalue weighted by molar-refractivity contribution is 5.82. The Labute approximate surface area is 106 Å². The summed E-state index contributed by atoms with van der Waals surface area (Å²) >= 11 is 0. The Morgan fingerprint density at radius 2 is 1.78 bits per heavy atom. The normalized spacial score (nSPS) is 10.1. The largest absolute Gasteiger partial charge is 0.507 e. The number of aromatic hydroxyl groups is 1. The summed E-state index contributed by atoms with van der Waals surface area (Å²) in [7, 11) is 0. The second kappa shape index (κ2) is 5.36. The van der Waals surface area contributed by atoms with Crippen LogP contribution in [-0.2, 0) is 0 Å². The van der Waals surface area contributed by atoms with E-state index in [-0.39, 0.29) is 5.75 Å². The number of phenolic OH excluding ortho intramolecular Hbond substituents is 1. The monoisotopic (exact) mass is 242 g/mol. The molecule has 0 fully saturated rings. The summed E-state index contributed by atoms with van der Waals surface area (Å²) in [6, 6.07) is 12.6. The van der Waals surface area contributed by atoms with Gasteiger partial charge in [0.05, 0.1) is 12.2 Å². The maximum Gasteiger partial charge on any atom is 0.153 e. The fourth-order valence-electron chi connectivity index (χ4n) is 1.74. The van der Waals surface area contributed by atoms with Crippen molar-refractivity contribution in [1.29, 1.82) is 0 Å². The van der Waals surface area contributed by atoms with Gasteiger partial charge in [-0.05, 0) is 42.3 Å². The molecule has 3 nitrogen and oxygen atoms in total. The third-order valence-corrected chi connectivity index (χ3v) is 2.65. The SMILES string of the molecule is CCOc1ccc(-c2ccc(O)c(C=O)c2)cc1. The predicted molar refractivity (Wildman–Crippen MR) is 70.1 cm³/mol. The summed E-state index contributed by atoms with van der Waals surface area (Å²) in [4.78, 5) is 10.8. The van der Waals surface area contributed by atoms with Gasteiger partial charge in [-0.15, -0.1) is 0 Å². The van der Waals surface area contributed by atoms with E-state index >= 15 is 0 Å². The van der Waals surface area contributed by atoms with E-state index in [2.05, 4.69) is 0 Å². The van der Waals surface area contributed by atoms with Gasteiger partial charge in [0.2, 0.25) is 0 Å². The van der Waals surface area contributed by atoms with Crippen LogP contribution in [-0.4, -0.2) is 18.0 Å². The summed E-state index contributed by atoms with van der Waals surface area (Å²) in [5, 5.41) is 9.44. The third kappa shape index (κ3) is 2.51. The van der Waals surface area contributed by atoms with Gasteiger partial charge in [-0.25, -0.2) is 0 Å². The molecule has 0 amide bonds. The zero-order valence-corrected chi connectivity index (χ0v) is 10.1. The molecule has 0 aliphatic carbocycles. The molecule has 0 atom stereocenters. The van der Waals surface area contributed by atoms with Crippen molar-refractivity contribution in [2.75, 3.05) is 6.61 Å². The van der Waals surface area contributed by atoms with Gasteiger partial charge in [-0.1, -0.05) is 18.2 Å². The molecule has 18 heavy (non-hydrogen) atoms. The van der Waals surface area contributed by atoms with Crippen LogP contribution in [0.25, 0.3) is 11.1 Å². The molecule has 0 heterocycles. The second-order valence-corrected chi connectivity index (χ2v) is 3.85. The van der Waals surface area contributed by atoms with E-state index < -0.39 is 0 Å². The van der Waals surface area contributed by atoms with Gasteiger partial charge in [0.1, 0.15) is 11.5 Å². The zero-order valence-electron chi connectivity index (χ0n) is 10.1. The molecule has 92 valence electrons. The number of aldehydes is 1. The Kier molecular flexibility index (Phi) is 3.63. The highest BCUT2D eigenvalue weighted by Crippen LogP contribution is 2.26. The molecule has 2 rings (SSSR count). The van der Waals surface area contributed by atoms with Crippen molar-refractivity contribution in [3.05, 3.63) is 48.0 Å². The molecule has 0 saturated heterocycles. The van der Waals surface area contributed by atoms with Crippen LogP contribution in [0.15, 0.2) is 42.5 Å². The molecular weight excluding hydrogens is 228 g/mol. The summed E-state index contributed by atoms with van der Waals surface area (Å²) in [6.45, 7) is 2.57. The van der Waals surface area contributed by atoms with Crippen LogP contribution < -0.4 is 4.74 Å². The lowest BCUT2D eigenvalue weighted by atomic mass is 10.0. The number of hydrogen-bond acceptors (Lipinski definition) is 3. The van der Waals surface area contributed by atoms with Crippen molar-refractivity contribution in [3.63, 3.8) is 0 Å². The average molecular weight is 242 g/mol. The number of hydrogen-bond donors (Lipinski definition) is 1. The predicted octanol–water partition coefficient (Wildman–Crippen LogP) is 3.27. The van der Waals surface area contributed by atoms with E-state index in [4.69, 9.17) is 4.74 Å². The highest BCUT2D eigenvalue weighted by Gasteiger charge is 2.04. The summed E-state index contributed by atoms with van der Waals surface area (Å²) in [6.07, 6.45) is 0.646. The molecular formula is C15H14O3. The first kappa shape index (κ1) is 12.2. The number of phenols is 1. The lowest BCUT2D eigenvalue weighted by Crippen LogP contribution is -1.90. The number of rotatable bonds is 4. The summed E-state index contributed by atoms with van der Waals surface area (Å²) < 4.78 is 5.36. The smallest absolute Gasteiger partial charge is 0.153 e. The van der Waals surface area contributed by atoms with Gasteiger partial charge in [0.15, 0.2) is 6.29 Å². The Morgan fingerprint density at radius 1 is 1.11 bits per heavy atom. The van der Waals surface area contributed by atoms with E-state index in [9.17, 15) is 9.90 Å². The van der Waals surface area contributed by atoms with Crippen molar-refractivity contribution < 1.29 is 14.6 Å². The maximum atomic E-state index is 10.8. The maximum absolute atomic E-state index is 10.8. The van der Waals surface area contributed by atoms with Crippen LogP contribution in [0.1, 0.15) is 17.3 Å². The fourth-order valence-corrected chi connectivity index (χ4v) is 1.74. The molecule has 0 aromatic heterocycles. The Hall–Kier alpha value is -2.29. The lowest BCUT2D eigenvalue weighted by Gasteiger charge is -2.06. The number of ether oxygens (including phenoxy) is 1. The summed E-state index contributed by atoms with van der Waals surface area (Å²) in [5.41, 5.74) is 2.15. The van der Waals surface area contributed by atoms with E-state index in [0.29, 0.717) is 18.5 Å². The van der Waals surface area contributed by atoms with E-state index in [1.807, 2.05) is 31.2 Å². The molecule has 3 heteroatoms. The van der Waals surface area contributed by atoms with E-state index in [0.717, 1.165) is 16.9 Å². The van der Waals surface area contributed by atoms with Crippen molar-refractivity contribution >= 4 is 6.29 Å². The molecule has 2 aromatic rings. The minimum absolute atomic E-state index is 0.000290. The number of carbonyl (C=O) groups excluding carboxylic acids is 1. The van der Waals surface area contributed by atoms with Gasteiger partial charge < -0.3 is 9.84 Å². The minimum Gasteiger partial charge on any atom is -0.507 e. The van der Waals surface area contributed by atoms with Crippen LogP contribution >= 0.6 is 0 Å². The topological polar surface area (TPSA) is 46.5 Å². The first-order valence-corrected chi connectivity index (χ1v) is 5.76. The van der Waals surface area contributed by atoms with Gasteiger partial charge >= 0.3 is 0 Å². The molecule has 0 unspecified atom stereocenters. The van der Waals surface area contributed by atoms with E-state index in [1.165, 1.54) is 6.07 Å². The standard InChI is InChI=1S/C15H14O3/c1-2-18-14-6-3-11(4-7-14)12-5-8-15(17)13(9-12)10-16/h3-10,17H,2H2,1H3. The first-order chi connectivity index (χ1) is 8.74. The molecule has 0 spiro atoms. The third-order valence-electron chi connectivity index (χ3n) is 2.65. The average Bonchev–Trinajstić information content (AvgIpc) is 2.41. The lowest BCUT2D eigenvalue weighted by molar-refractivity contribution is 0.112. The van der Waals surface area contributed by atoms with Gasteiger partial charge in [-0.3, -0.25) is 4.79 Å². The van der Waals surface area contributed by atoms with Crippen LogP contribution in [0, 0.1) is 0 Å². The van der Waals surface area contributed by atoms with Gasteiger partial charge in [-0.2, -0.15) is 0 Å². The highest BCUT2D eigenvalue weighted by atomic mass is 16.5. The Morgan fingerprint density at radius 3 is 2.39 bits per heavy atom. The van der Waals surface area contributed by atoms with Crippen molar-refractivity contribution in [2.24, 2.45) is 0 Å². The molecule has 0 bridgehead atoms. The van der Waals surface area contributed by atoms with E-state index in [1.54, 1.807) is 12.1 Å². The van der Waals surface area contributed by atoms with Crippen molar-refractivity contribution in [1.82, 2.24) is 0 Å². The van der Waals surface area contributed by atoms with Crippen LogP contribution in [0.4, 0.5) is 0 Å². The van der Waals surface area contributed by atoms with Gasteiger partial charge in [0, 0.05) is 0 Å². The first-order valence-electron chi connectivity index (χ1n) is 5.76. The van der Waals surface area contributed by atoms with Crippen molar-refractivity contribution in [3.8, 4) is 22.6 Å². The zero-order chi connectivity index (χ0) is 13.0. The molecule has 0 aliphatic heterocycles. The van der Waals surface area contributed by atoms with Crippen LogP contribution in [0.3, 0.4) is 0 Å². The Balaban J connectivity index is 2.33. The van der Waals surface area contributed by atoms with Crippen molar-refractivity contribution in [2.45, 2.75) is 6.92 Å². The molecule has 0 aliphatic rings. The van der Waals surface area contributed by atoms with Crippen LogP contribution in [0.5, 0.6) is 11.5 Å². The fraction of sp³-hybridized carbons (Fsp3) is 0.133. The molecule has 0 saturated carbocycles. The van der Waals surface area contributed by atoms with Crippen LogP contribution in [0.2, 0.25) is 0 Å². The minimum atomic E-state index is -0.000290. The number of carbonyl (C=O) groups is 1. The summed E-state index contributed by atoms with van der Waals surface area (Å²) in [5.74, 6) is 0.815. The second-order valence-electron chi connectivity index (χ2n) is 3.85. The molecule has 1 N–H and O–H groups in total. The molecule has 2 aromatic carbocycles. The Bertz CT molecular complexity index is 544. The van der Waals surface area contributed by atoms with Gasteiger partial charge in [0.25, 0.3) is 0 Å². The molecule has 0 radical (unpaired) electrons.